The predicted molar refractivity (Wildman–Crippen MR) is 56.4 cm³/mol. The lowest BCUT2D eigenvalue weighted by Gasteiger charge is -2.38. The maximum absolute atomic E-state index is 11.3. The number of carbonyl (C=O) groups is 1. The topological polar surface area (TPSA) is 40.5 Å². The summed E-state index contributed by atoms with van der Waals surface area (Å²) in [7, 11) is 0. The molecule has 1 heterocycles. The third kappa shape index (κ3) is 1.78. The first kappa shape index (κ1) is 11.5. The first-order valence-corrected chi connectivity index (χ1v) is 5.56. The highest BCUT2D eigenvalue weighted by atomic mass is 16.4. The molecule has 3 heteroatoms. The van der Waals surface area contributed by atoms with Gasteiger partial charge in [0.05, 0.1) is 0 Å². The van der Waals surface area contributed by atoms with Crippen molar-refractivity contribution in [1.29, 1.82) is 0 Å². The number of carboxylic acids is 1. The van der Waals surface area contributed by atoms with Gasteiger partial charge in [0, 0.05) is 6.04 Å². The van der Waals surface area contributed by atoms with Crippen molar-refractivity contribution in [1.82, 2.24) is 4.90 Å². The molecular formula is C11H21NO2. The first-order chi connectivity index (χ1) is 6.56. The van der Waals surface area contributed by atoms with Crippen LogP contribution < -0.4 is 0 Å². The normalized spacial score (nSPS) is 27.5. The van der Waals surface area contributed by atoms with Crippen molar-refractivity contribution in [2.75, 3.05) is 6.54 Å². The molecule has 1 N–H and O–H groups in total. The van der Waals surface area contributed by atoms with E-state index in [1.54, 1.807) is 0 Å². The molecule has 1 aliphatic rings. The summed E-state index contributed by atoms with van der Waals surface area (Å²) >= 11 is 0. The number of carboxylic acid groups (broad SMARTS) is 1. The number of likely N-dealkylation sites (tertiary alicyclic amines) is 1. The monoisotopic (exact) mass is 199 g/mol. The zero-order valence-electron chi connectivity index (χ0n) is 9.42. The Kier molecular flexibility index (Phi) is 3.53. The molecule has 0 aliphatic carbocycles. The minimum absolute atomic E-state index is 0.469. The quantitative estimate of drug-likeness (QED) is 0.754. The minimum Gasteiger partial charge on any atom is -0.480 e. The second-order valence-corrected chi connectivity index (χ2v) is 4.33. The standard InChI is InChI=1S/C11H21NO2/c1-4-9-7-6-8-12(9)11(3,5-2)10(13)14/h9H,4-8H2,1-3H3,(H,13,14). The fourth-order valence-corrected chi connectivity index (χ4v) is 2.39. The molecule has 0 amide bonds. The van der Waals surface area contributed by atoms with Crippen LogP contribution in [0.15, 0.2) is 0 Å². The van der Waals surface area contributed by atoms with E-state index in [-0.39, 0.29) is 0 Å². The maximum atomic E-state index is 11.3. The lowest BCUT2D eigenvalue weighted by molar-refractivity contribution is -0.151. The molecule has 0 saturated carbocycles. The van der Waals surface area contributed by atoms with Crippen molar-refractivity contribution in [3.05, 3.63) is 0 Å². The van der Waals surface area contributed by atoms with E-state index in [0.717, 1.165) is 25.8 Å². The molecule has 1 rings (SSSR count). The molecule has 1 saturated heterocycles. The van der Waals surface area contributed by atoms with Gasteiger partial charge >= 0.3 is 5.97 Å². The second kappa shape index (κ2) is 4.30. The Hall–Kier alpha value is -0.570. The summed E-state index contributed by atoms with van der Waals surface area (Å²) in [5.74, 6) is -0.680. The van der Waals surface area contributed by atoms with E-state index in [4.69, 9.17) is 0 Å². The molecule has 0 spiro atoms. The van der Waals surface area contributed by atoms with Crippen LogP contribution in [0.2, 0.25) is 0 Å². The van der Waals surface area contributed by atoms with E-state index in [2.05, 4.69) is 11.8 Å². The third-order valence-electron chi connectivity index (χ3n) is 3.63. The molecule has 82 valence electrons. The van der Waals surface area contributed by atoms with Crippen LogP contribution >= 0.6 is 0 Å². The van der Waals surface area contributed by atoms with E-state index in [0.29, 0.717) is 12.5 Å². The summed E-state index contributed by atoms with van der Waals surface area (Å²) < 4.78 is 0. The van der Waals surface area contributed by atoms with Crippen LogP contribution in [0.5, 0.6) is 0 Å². The molecule has 14 heavy (non-hydrogen) atoms. The first-order valence-electron chi connectivity index (χ1n) is 5.56. The minimum atomic E-state index is -0.680. The van der Waals surface area contributed by atoms with Gasteiger partial charge in [-0.3, -0.25) is 9.69 Å². The van der Waals surface area contributed by atoms with Crippen molar-refractivity contribution in [2.24, 2.45) is 0 Å². The van der Waals surface area contributed by atoms with Crippen LogP contribution in [0.25, 0.3) is 0 Å². The Morgan fingerprint density at radius 3 is 2.64 bits per heavy atom. The molecule has 3 nitrogen and oxygen atoms in total. The smallest absolute Gasteiger partial charge is 0.323 e. The molecule has 1 aliphatic heterocycles. The van der Waals surface area contributed by atoms with Gasteiger partial charge in [-0.15, -0.1) is 0 Å². The largest absolute Gasteiger partial charge is 0.480 e. The fourth-order valence-electron chi connectivity index (χ4n) is 2.39. The van der Waals surface area contributed by atoms with Gasteiger partial charge in [-0.25, -0.2) is 0 Å². The van der Waals surface area contributed by atoms with Gasteiger partial charge < -0.3 is 5.11 Å². The SMILES string of the molecule is CCC1CCCN1C(C)(CC)C(=O)O. The Bertz CT molecular complexity index is 217. The van der Waals surface area contributed by atoms with Crippen molar-refractivity contribution < 1.29 is 9.90 Å². The van der Waals surface area contributed by atoms with E-state index < -0.39 is 11.5 Å². The molecule has 0 aromatic rings. The number of nitrogens with zero attached hydrogens (tertiary/aromatic N) is 1. The van der Waals surface area contributed by atoms with Crippen LogP contribution in [0.4, 0.5) is 0 Å². The van der Waals surface area contributed by atoms with Crippen LogP contribution in [0, 0.1) is 0 Å². The van der Waals surface area contributed by atoms with Gasteiger partial charge in [-0.2, -0.15) is 0 Å². The molecule has 0 radical (unpaired) electrons. The van der Waals surface area contributed by atoms with E-state index in [9.17, 15) is 9.90 Å². The van der Waals surface area contributed by atoms with Crippen LogP contribution in [0.3, 0.4) is 0 Å². The number of aliphatic carboxylic acids is 1. The number of rotatable bonds is 4. The molecular weight excluding hydrogens is 178 g/mol. The zero-order valence-corrected chi connectivity index (χ0v) is 9.42. The lowest BCUT2D eigenvalue weighted by Crippen LogP contribution is -2.53. The third-order valence-corrected chi connectivity index (χ3v) is 3.63. The summed E-state index contributed by atoms with van der Waals surface area (Å²) in [6, 6.07) is 0.469. The van der Waals surface area contributed by atoms with Crippen LogP contribution in [0.1, 0.15) is 46.5 Å². The van der Waals surface area contributed by atoms with Crippen molar-refractivity contribution >= 4 is 5.97 Å². The van der Waals surface area contributed by atoms with Gasteiger partial charge in [0.2, 0.25) is 0 Å². The average molecular weight is 199 g/mol. The van der Waals surface area contributed by atoms with Gasteiger partial charge in [0.25, 0.3) is 0 Å². The Balaban J connectivity index is 2.83. The Morgan fingerprint density at radius 1 is 1.57 bits per heavy atom. The molecule has 0 aromatic carbocycles. The predicted octanol–water partition coefficient (Wildman–Crippen LogP) is 2.11. The van der Waals surface area contributed by atoms with Crippen molar-refractivity contribution in [2.45, 2.75) is 58.0 Å². The Morgan fingerprint density at radius 2 is 2.21 bits per heavy atom. The molecule has 2 atom stereocenters. The summed E-state index contributed by atoms with van der Waals surface area (Å²) in [5, 5.41) is 9.26. The zero-order chi connectivity index (χ0) is 10.8. The molecule has 1 fully saturated rings. The molecule has 0 bridgehead atoms. The summed E-state index contributed by atoms with van der Waals surface area (Å²) in [6.07, 6.45) is 4.03. The molecule has 2 unspecified atom stereocenters. The summed E-state index contributed by atoms with van der Waals surface area (Å²) in [4.78, 5) is 13.4. The van der Waals surface area contributed by atoms with Gasteiger partial charge in [0.15, 0.2) is 0 Å². The lowest BCUT2D eigenvalue weighted by atomic mass is 9.95. The van der Waals surface area contributed by atoms with Crippen molar-refractivity contribution in [3.8, 4) is 0 Å². The van der Waals surface area contributed by atoms with Gasteiger partial charge in [0.1, 0.15) is 5.54 Å². The summed E-state index contributed by atoms with van der Waals surface area (Å²) in [5.41, 5.74) is -0.656. The average Bonchev–Trinajstić information content (AvgIpc) is 2.64. The van der Waals surface area contributed by atoms with Gasteiger partial charge in [-0.05, 0) is 39.2 Å². The van der Waals surface area contributed by atoms with Crippen LogP contribution in [-0.4, -0.2) is 34.1 Å². The highest BCUT2D eigenvalue weighted by Gasteiger charge is 2.42. The fraction of sp³-hybridized carbons (Fsp3) is 0.909. The molecule has 0 aromatic heterocycles. The summed E-state index contributed by atoms with van der Waals surface area (Å²) in [6.45, 7) is 6.89. The van der Waals surface area contributed by atoms with Crippen LogP contribution in [-0.2, 0) is 4.79 Å². The number of hydrogen-bond acceptors (Lipinski definition) is 2. The maximum Gasteiger partial charge on any atom is 0.323 e. The highest BCUT2D eigenvalue weighted by Crippen LogP contribution is 2.30. The highest BCUT2D eigenvalue weighted by molar-refractivity contribution is 5.78. The number of hydrogen-bond donors (Lipinski definition) is 1. The van der Waals surface area contributed by atoms with E-state index in [1.807, 2.05) is 13.8 Å². The van der Waals surface area contributed by atoms with E-state index >= 15 is 0 Å². The second-order valence-electron chi connectivity index (χ2n) is 4.33. The van der Waals surface area contributed by atoms with E-state index in [1.165, 1.54) is 0 Å². The van der Waals surface area contributed by atoms with Crippen molar-refractivity contribution in [3.63, 3.8) is 0 Å². The Labute approximate surface area is 86.1 Å². The van der Waals surface area contributed by atoms with Gasteiger partial charge in [-0.1, -0.05) is 13.8 Å².